The molecule has 0 radical (unpaired) electrons. The van der Waals surface area contributed by atoms with Crippen LogP contribution >= 0.6 is 0 Å². The number of ether oxygens (including phenoxy) is 1. The Kier molecular flexibility index (Phi) is 5.34. The van der Waals surface area contributed by atoms with E-state index in [-0.39, 0.29) is 6.10 Å². The van der Waals surface area contributed by atoms with Crippen LogP contribution in [-0.2, 0) is 17.6 Å². The van der Waals surface area contributed by atoms with E-state index < -0.39 is 0 Å². The fraction of sp³-hybridized carbons (Fsp3) is 0.857. The van der Waals surface area contributed by atoms with Gasteiger partial charge in [-0.1, -0.05) is 18.0 Å². The maximum absolute atomic E-state index is 5.35. The van der Waals surface area contributed by atoms with E-state index in [4.69, 9.17) is 9.26 Å². The molecular weight excluding hydrogens is 242 g/mol. The number of aromatic nitrogens is 2. The number of nitrogens with zero attached hydrogens (tertiary/aromatic N) is 2. The Morgan fingerprint density at radius 3 is 2.74 bits per heavy atom. The second kappa shape index (κ2) is 7.01. The molecule has 0 aromatic carbocycles. The molecule has 2 rings (SSSR count). The van der Waals surface area contributed by atoms with Gasteiger partial charge < -0.3 is 14.6 Å². The van der Waals surface area contributed by atoms with E-state index in [1.165, 1.54) is 25.7 Å². The Labute approximate surface area is 115 Å². The van der Waals surface area contributed by atoms with Crippen molar-refractivity contribution in [1.29, 1.82) is 0 Å². The van der Waals surface area contributed by atoms with Gasteiger partial charge in [0.25, 0.3) is 0 Å². The highest BCUT2D eigenvalue weighted by Crippen LogP contribution is 2.28. The Balaban J connectivity index is 1.90. The molecule has 1 aliphatic rings. The van der Waals surface area contributed by atoms with Crippen molar-refractivity contribution in [2.45, 2.75) is 57.6 Å². The van der Waals surface area contributed by atoms with E-state index >= 15 is 0 Å². The summed E-state index contributed by atoms with van der Waals surface area (Å²) in [4.78, 5) is 4.46. The largest absolute Gasteiger partial charge is 0.381 e. The zero-order valence-electron chi connectivity index (χ0n) is 12.2. The molecule has 0 amide bonds. The van der Waals surface area contributed by atoms with E-state index in [2.05, 4.69) is 15.5 Å². The van der Waals surface area contributed by atoms with Crippen molar-refractivity contribution in [2.75, 3.05) is 14.2 Å². The van der Waals surface area contributed by atoms with Crippen molar-refractivity contribution in [2.24, 2.45) is 5.92 Å². The highest BCUT2D eigenvalue weighted by Gasteiger charge is 2.25. The lowest BCUT2D eigenvalue weighted by Crippen LogP contribution is -2.34. The highest BCUT2D eigenvalue weighted by atomic mass is 16.5. The molecule has 2 atom stereocenters. The van der Waals surface area contributed by atoms with Gasteiger partial charge in [0.05, 0.1) is 6.10 Å². The lowest BCUT2D eigenvalue weighted by Gasteiger charge is -2.20. The summed E-state index contributed by atoms with van der Waals surface area (Å²) in [5.74, 6) is 2.23. The van der Waals surface area contributed by atoms with Crippen molar-refractivity contribution in [3.05, 3.63) is 11.7 Å². The summed E-state index contributed by atoms with van der Waals surface area (Å²) in [6.07, 6.45) is 6.98. The minimum atomic E-state index is 0.125. The zero-order valence-corrected chi connectivity index (χ0v) is 12.2. The number of nitrogens with one attached hydrogen (secondary N) is 1. The molecule has 0 bridgehead atoms. The summed E-state index contributed by atoms with van der Waals surface area (Å²) >= 11 is 0. The second-order valence-corrected chi connectivity index (χ2v) is 5.50. The van der Waals surface area contributed by atoms with Crippen LogP contribution in [0.5, 0.6) is 0 Å². The molecule has 2 unspecified atom stereocenters. The van der Waals surface area contributed by atoms with Crippen LogP contribution in [0.4, 0.5) is 0 Å². The number of hydrogen-bond acceptors (Lipinski definition) is 5. The van der Waals surface area contributed by atoms with Crippen molar-refractivity contribution in [3.8, 4) is 0 Å². The predicted molar refractivity (Wildman–Crippen MR) is 73.0 cm³/mol. The first-order chi connectivity index (χ1) is 9.22. The first-order valence-electron chi connectivity index (χ1n) is 7.24. The molecule has 1 heterocycles. The Bertz CT molecular complexity index is 375. The van der Waals surface area contributed by atoms with Crippen LogP contribution in [0, 0.1) is 5.92 Å². The van der Waals surface area contributed by atoms with E-state index in [1.54, 1.807) is 7.11 Å². The van der Waals surface area contributed by atoms with Crippen LogP contribution in [0.2, 0.25) is 0 Å². The van der Waals surface area contributed by atoms with Gasteiger partial charge in [-0.05, 0) is 32.7 Å². The van der Waals surface area contributed by atoms with E-state index in [9.17, 15) is 0 Å². The monoisotopic (exact) mass is 267 g/mol. The fourth-order valence-electron chi connectivity index (χ4n) is 2.85. The molecule has 1 aromatic rings. The quantitative estimate of drug-likeness (QED) is 0.818. The van der Waals surface area contributed by atoms with Gasteiger partial charge in [0.1, 0.15) is 0 Å². The topological polar surface area (TPSA) is 60.2 Å². The molecule has 1 fully saturated rings. The third-order valence-corrected chi connectivity index (χ3v) is 4.12. The SMILES string of the molecule is CNC(Cc1nc(CC(C)OC)no1)C1CCCC1. The summed E-state index contributed by atoms with van der Waals surface area (Å²) < 4.78 is 10.6. The Morgan fingerprint density at radius 1 is 1.37 bits per heavy atom. The second-order valence-electron chi connectivity index (χ2n) is 5.50. The summed E-state index contributed by atoms with van der Waals surface area (Å²) in [5, 5.41) is 7.43. The number of hydrogen-bond donors (Lipinski definition) is 1. The Hall–Kier alpha value is -0.940. The van der Waals surface area contributed by atoms with Crippen molar-refractivity contribution in [1.82, 2.24) is 15.5 Å². The van der Waals surface area contributed by atoms with E-state index in [0.717, 1.165) is 24.1 Å². The van der Waals surface area contributed by atoms with E-state index in [0.29, 0.717) is 12.5 Å². The summed E-state index contributed by atoms with van der Waals surface area (Å²) in [5.41, 5.74) is 0. The van der Waals surface area contributed by atoms with Gasteiger partial charge in [0.2, 0.25) is 5.89 Å². The molecule has 1 aliphatic carbocycles. The Morgan fingerprint density at radius 2 is 2.11 bits per heavy atom. The molecule has 0 saturated heterocycles. The van der Waals surface area contributed by atoms with Gasteiger partial charge in [0, 0.05) is 26.0 Å². The minimum absolute atomic E-state index is 0.125. The average Bonchev–Trinajstić information content (AvgIpc) is 3.07. The third kappa shape index (κ3) is 4.01. The van der Waals surface area contributed by atoms with Gasteiger partial charge >= 0.3 is 0 Å². The molecule has 5 nitrogen and oxygen atoms in total. The van der Waals surface area contributed by atoms with Crippen molar-refractivity contribution in [3.63, 3.8) is 0 Å². The van der Waals surface area contributed by atoms with E-state index in [1.807, 2.05) is 14.0 Å². The molecular formula is C14H25N3O2. The summed E-state index contributed by atoms with van der Waals surface area (Å²) in [6, 6.07) is 0.454. The summed E-state index contributed by atoms with van der Waals surface area (Å²) in [6.45, 7) is 2.00. The van der Waals surface area contributed by atoms with Crippen molar-refractivity contribution < 1.29 is 9.26 Å². The maximum atomic E-state index is 5.35. The third-order valence-electron chi connectivity index (χ3n) is 4.12. The maximum Gasteiger partial charge on any atom is 0.228 e. The first kappa shape index (κ1) is 14.5. The van der Waals surface area contributed by atoms with Crippen LogP contribution in [-0.4, -0.2) is 36.4 Å². The fourth-order valence-corrected chi connectivity index (χ4v) is 2.85. The smallest absolute Gasteiger partial charge is 0.228 e. The first-order valence-corrected chi connectivity index (χ1v) is 7.24. The molecule has 1 N–H and O–H groups in total. The molecule has 0 aliphatic heterocycles. The van der Waals surface area contributed by atoms with Crippen LogP contribution in [0.1, 0.15) is 44.3 Å². The van der Waals surface area contributed by atoms with Gasteiger partial charge in [-0.2, -0.15) is 4.98 Å². The average molecular weight is 267 g/mol. The molecule has 1 aromatic heterocycles. The molecule has 1 saturated carbocycles. The van der Waals surface area contributed by atoms with Crippen molar-refractivity contribution >= 4 is 0 Å². The van der Waals surface area contributed by atoms with Gasteiger partial charge in [-0.3, -0.25) is 0 Å². The number of rotatable bonds is 7. The highest BCUT2D eigenvalue weighted by molar-refractivity contribution is 4.93. The minimum Gasteiger partial charge on any atom is -0.381 e. The van der Waals surface area contributed by atoms with Crippen LogP contribution in [0.25, 0.3) is 0 Å². The van der Waals surface area contributed by atoms with Gasteiger partial charge in [-0.25, -0.2) is 0 Å². The molecule has 5 heteroatoms. The van der Waals surface area contributed by atoms with Crippen LogP contribution in [0.15, 0.2) is 4.52 Å². The number of methoxy groups -OCH3 is 1. The lowest BCUT2D eigenvalue weighted by molar-refractivity contribution is 0.116. The molecule has 0 spiro atoms. The van der Waals surface area contributed by atoms with Gasteiger partial charge in [0.15, 0.2) is 5.82 Å². The van der Waals surface area contributed by atoms with Crippen LogP contribution < -0.4 is 5.32 Å². The zero-order chi connectivity index (χ0) is 13.7. The van der Waals surface area contributed by atoms with Crippen LogP contribution in [0.3, 0.4) is 0 Å². The summed E-state index contributed by atoms with van der Waals surface area (Å²) in [7, 11) is 3.72. The van der Waals surface area contributed by atoms with Gasteiger partial charge in [-0.15, -0.1) is 0 Å². The molecule has 108 valence electrons. The standard InChI is InChI=1S/C14H25N3O2/c1-10(18-3)8-13-16-14(19-17-13)9-12(15-2)11-6-4-5-7-11/h10-12,15H,4-9H2,1-3H3. The normalized spacial score (nSPS) is 19.7. The lowest BCUT2D eigenvalue weighted by atomic mass is 9.95. The number of likely N-dealkylation sites (N-methyl/N-ethyl adjacent to an activating group) is 1. The predicted octanol–water partition coefficient (Wildman–Crippen LogP) is 1.97. The molecule has 19 heavy (non-hydrogen) atoms.